The molecule has 1 aromatic heterocycles. The second-order valence-electron chi connectivity index (χ2n) is 7.87. The first-order valence-electron chi connectivity index (χ1n) is 11.1. The van der Waals surface area contributed by atoms with E-state index in [-0.39, 0.29) is 11.9 Å². The quantitative estimate of drug-likeness (QED) is 0.576. The van der Waals surface area contributed by atoms with Crippen molar-refractivity contribution in [2.75, 3.05) is 29.9 Å². The minimum absolute atomic E-state index is 0.170. The predicted octanol–water partition coefficient (Wildman–Crippen LogP) is 4.60. The van der Waals surface area contributed by atoms with Gasteiger partial charge in [-0.2, -0.15) is 5.10 Å². The minimum atomic E-state index is -0.390. The van der Waals surface area contributed by atoms with Crippen molar-refractivity contribution < 1.29 is 14.3 Å². The Labute approximate surface area is 188 Å². The Balaban J connectivity index is 1.46. The first-order chi connectivity index (χ1) is 15.6. The third kappa shape index (κ3) is 4.66. The molecule has 1 saturated heterocycles. The fourth-order valence-corrected chi connectivity index (χ4v) is 3.97. The first kappa shape index (κ1) is 21.6. The highest BCUT2D eigenvalue weighted by molar-refractivity contribution is 6.04. The summed E-state index contributed by atoms with van der Waals surface area (Å²) in [6.45, 7) is 6.02. The maximum Gasteiger partial charge on any atom is 0.341 e. The van der Waals surface area contributed by atoms with Crippen LogP contribution in [-0.4, -0.2) is 41.4 Å². The van der Waals surface area contributed by atoms with Crippen LogP contribution in [0.3, 0.4) is 0 Å². The van der Waals surface area contributed by atoms with E-state index in [9.17, 15) is 9.59 Å². The van der Waals surface area contributed by atoms with Gasteiger partial charge in [-0.05, 0) is 75.6 Å². The number of nitrogens with one attached hydrogen (secondary N) is 1. The number of anilines is 2. The van der Waals surface area contributed by atoms with Crippen molar-refractivity contribution in [3.8, 4) is 5.69 Å². The van der Waals surface area contributed by atoms with Gasteiger partial charge in [-0.3, -0.25) is 4.79 Å². The summed E-state index contributed by atoms with van der Waals surface area (Å²) in [5, 5.41) is 7.29. The summed E-state index contributed by atoms with van der Waals surface area (Å²) in [5.41, 5.74) is 4.36. The fourth-order valence-electron chi connectivity index (χ4n) is 3.97. The number of amides is 1. The van der Waals surface area contributed by atoms with E-state index < -0.39 is 0 Å². The molecule has 0 atom stereocenters. The van der Waals surface area contributed by atoms with E-state index in [1.54, 1.807) is 23.7 Å². The standard InChI is InChI=1S/C25H28N4O3/c1-3-32-25(31)23-17-26-29(18(23)2)21-12-10-19(11-13-21)24(30)27-20-8-7-9-22(16-20)28-14-5-4-6-15-28/h7-13,16-17H,3-6,14-15H2,1-2H3,(H,27,30). The summed E-state index contributed by atoms with van der Waals surface area (Å²) in [4.78, 5) is 27.2. The SMILES string of the molecule is CCOC(=O)c1cnn(-c2ccc(C(=O)Nc3cccc(N4CCCCC4)c3)cc2)c1C. The third-order valence-corrected chi connectivity index (χ3v) is 5.70. The molecule has 2 aromatic carbocycles. The van der Waals surface area contributed by atoms with Crippen molar-refractivity contribution >= 4 is 23.3 Å². The molecular weight excluding hydrogens is 404 g/mol. The molecular formula is C25H28N4O3. The molecule has 0 radical (unpaired) electrons. The van der Waals surface area contributed by atoms with Gasteiger partial charge >= 0.3 is 5.97 Å². The molecule has 0 saturated carbocycles. The number of esters is 1. The zero-order chi connectivity index (χ0) is 22.5. The average Bonchev–Trinajstić information content (AvgIpc) is 3.21. The number of aromatic nitrogens is 2. The van der Waals surface area contributed by atoms with Crippen molar-refractivity contribution in [3.63, 3.8) is 0 Å². The number of piperidine rings is 1. The molecule has 166 valence electrons. The molecule has 3 aromatic rings. The minimum Gasteiger partial charge on any atom is -0.462 e. The number of nitrogens with zero attached hydrogens (tertiary/aromatic N) is 3. The number of ether oxygens (including phenoxy) is 1. The van der Waals surface area contributed by atoms with E-state index in [1.807, 2.05) is 37.3 Å². The Morgan fingerprint density at radius 3 is 2.50 bits per heavy atom. The monoisotopic (exact) mass is 432 g/mol. The van der Waals surface area contributed by atoms with Gasteiger partial charge in [0.05, 0.1) is 24.2 Å². The maximum atomic E-state index is 12.8. The lowest BCUT2D eigenvalue weighted by Crippen LogP contribution is -2.29. The van der Waals surface area contributed by atoms with Gasteiger partial charge in [0.2, 0.25) is 0 Å². The molecule has 7 nitrogen and oxygen atoms in total. The number of hydrogen-bond acceptors (Lipinski definition) is 5. The van der Waals surface area contributed by atoms with Crippen LogP contribution >= 0.6 is 0 Å². The molecule has 4 rings (SSSR count). The predicted molar refractivity (Wildman–Crippen MR) is 125 cm³/mol. The molecule has 1 N–H and O–H groups in total. The number of rotatable bonds is 6. The van der Waals surface area contributed by atoms with Gasteiger partial charge in [0.25, 0.3) is 5.91 Å². The lowest BCUT2D eigenvalue weighted by molar-refractivity contribution is 0.0525. The third-order valence-electron chi connectivity index (χ3n) is 5.70. The van der Waals surface area contributed by atoms with Crippen molar-refractivity contribution in [2.45, 2.75) is 33.1 Å². The molecule has 1 fully saturated rings. The number of carbonyl (C=O) groups is 2. The van der Waals surface area contributed by atoms with E-state index >= 15 is 0 Å². The van der Waals surface area contributed by atoms with E-state index in [0.717, 1.165) is 30.2 Å². The Kier molecular flexibility index (Phi) is 6.54. The summed E-state index contributed by atoms with van der Waals surface area (Å²) in [7, 11) is 0. The van der Waals surface area contributed by atoms with Crippen LogP contribution in [0.25, 0.3) is 5.69 Å². The van der Waals surface area contributed by atoms with E-state index in [2.05, 4.69) is 21.4 Å². The van der Waals surface area contributed by atoms with Gasteiger partial charge in [0.1, 0.15) is 5.56 Å². The van der Waals surface area contributed by atoms with E-state index in [4.69, 9.17) is 4.74 Å². The molecule has 32 heavy (non-hydrogen) atoms. The van der Waals surface area contributed by atoms with Crippen molar-refractivity contribution in [1.29, 1.82) is 0 Å². The molecule has 2 heterocycles. The molecule has 0 aliphatic carbocycles. The Morgan fingerprint density at radius 2 is 1.78 bits per heavy atom. The Bertz CT molecular complexity index is 1100. The smallest absolute Gasteiger partial charge is 0.341 e. The summed E-state index contributed by atoms with van der Waals surface area (Å²) >= 11 is 0. The van der Waals surface area contributed by atoms with Gasteiger partial charge in [-0.1, -0.05) is 6.07 Å². The van der Waals surface area contributed by atoms with Gasteiger partial charge in [-0.15, -0.1) is 0 Å². The summed E-state index contributed by atoms with van der Waals surface area (Å²) in [6, 6.07) is 15.1. The molecule has 1 aliphatic heterocycles. The van der Waals surface area contributed by atoms with Crippen LogP contribution in [0.5, 0.6) is 0 Å². The molecule has 0 unspecified atom stereocenters. The molecule has 0 spiro atoms. The van der Waals surface area contributed by atoms with E-state index in [0.29, 0.717) is 23.4 Å². The normalized spacial score (nSPS) is 13.6. The first-order valence-corrected chi connectivity index (χ1v) is 11.1. The van der Waals surface area contributed by atoms with Crippen molar-refractivity contribution in [2.24, 2.45) is 0 Å². The van der Waals surface area contributed by atoms with Crippen LogP contribution in [-0.2, 0) is 4.74 Å². The van der Waals surface area contributed by atoms with Crippen LogP contribution in [0.15, 0.2) is 54.7 Å². The van der Waals surface area contributed by atoms with Crippen molar-refractivity contribution in [1.82, 2.24) is 9.78 Å². The van der Waals surface area contributed by atoms with Crippen LogP contribution in [0.1, 0.15) is 52.6 Å². The molecule has 1 amide bonds. The van der Waals surface area contributed by atoms with E-state index in [1.165, 1.54) is 25.5 Å². The lowest BCUT2D eigenvalue weighted by Gasteiger charge is -2.29. The maximum absolute atomic E-state index is 12.8. The highest BCUT2D eigenvalue weighted by Gasteiger charge is 2.17. The van der Waals surface area contributed by atoms with Crippen molar-refractivity contribution in [3.05, 3.63) is 71.5 Å². The number of hydrogen-bond donors (Lipinski definition) is 1. The zero-order valence-corrected chi connectivity index (χ0v) is 18.5. The summed E-state index contributed by atoms with van der Waals surface area (Å²) in [6.07, 6.45) is 5.20. The lowest BCUT2D eigenvalue weighted by atomic mass is 10.1. The largest absolute Gasteiger partial charge is 0.462 e. The second-order valence-corrected chi connectivity index (χ2v) is 7.87. The van der Waals surface area contributed by atoms with Gasteiger partial charge in [-0.25, -0.2) is 9.48 Å². The average molecular weight is 433 g/mol. The Morgan fingerprint density at radius 1 is 1.03 bits per heavy atom. The zero-order valence-electron chi connectivity index (χ0n) is 18.5. The van der Waals surface area contributed by atoms with Crippen LogP contribution in [0, 0.1) is 6.92 Å². The van der Waals surface area contributed by atoms with Gasteiger partial charge in [0.15, 0.2) is 0 Å². The number of carbonyl (C=O) groups excluding carboxylic acids is 2. The van der Waals surface area contributed by atoms with Crippen LogP contribution < -0.4 is 10.2 Å². The van der Waals surface area contributed by atoms with Crippen LogP contribution in [0.4, 0.5) is 11.4 Å². The summed E-state index contributed by atoms with van der Waals surface area (Å²) in [5.74, 6) is -0.559. The number of benzene rings is 2. The highest BCUT2D eigenvalue weighted by atomic mass is 16.5. The topological polar surface area (TPSA) is 76.5 Å². The van der Waals surface area contributed by atoms with Gasteiger partial charge in [0, 0.05) is 30.0 Å². The molecule has 0 bridgehead atoms. The fraction of sp³-hybridized carbons (Fsp3) is 0.320. The highest BCUT2D eigenvalue weighted by Crippen LogP contribution is 2.23. The van der Waals surface area contributed by atoms with Gasteiger partial charge < -0.3 is 15.0 Å². The molecule has 1 aliphatic rings. The summed E-state index contributed by atoms with van der Waals surface area (Å²) < 4.78 is 6.73. The second kappa shape index (κ2) is 9.68. The van der Waals surface area contributed by atoms with Crippen LogP contribution in [0.2, 0.25) is 0 Å². The molecule has 7 heteroatoms. The Hall–Kier alpha value is -3.61.